The highest BCUT2D eigenvalue weighted by Gasteiger charge is 2.05. The fourth-order valence-electron chi connectivity index (χ4n) is 1.33. The molecule has 2 rings (SSSR count). The summed E-state index contributed by atoms with van der Waals surface area (Å²) in [4.78, 5) is 10.8. The Labute approximate surface area is 115 Å². The summed E-state index contributed by atoms with van der Waals surface area (Å²) in [6, 6.07) is 10.3. The molecule has 18 heavy (non-hydrogen) atoms. The van der Waals surface area contributed by atoms with Crippen LogP contribution in [0.3, 0.4) is 0 Å². The first kappa shape index (κ1) is 14.5. The lowest BCUT2D eigenvalue weighted by Gasteiger charge is -2.07. The standard InChI is InChI=1S/C13H8ClFO2.ClH/c14-10-1-6-13(9(7-10)8-16)17-12-4-2-11(15)3-5-12;/h1-8H;1H. The lowest BCUT2D eigenvalue weighted by atomic mass is 10.2. The zero-order chi connectivity index (χ0) is 12.3. The van der Waals surface area contributed by atoms with Crippen molar-refractivity contribution in [2.45, 2.75) is 0 Å². The molecule has 0 aromatic heterocycles. The van der Waals surface area contributed by atoms with Gasteiger partial charge in [-0.3, -0.25) is 4.79 Å². The van der Waals surface area contributed by atoms with Gasteiger partial charge in [0.05, 0.1) is 5.56 Å². The summed E-state index contributed by atoms with van der Waals surface area (Å²) in [5.41, 5.74) is 0.349. The van der Waals surface area contributed by atoms with E-state index in [1.54, 1.807) is 12.1 Å². The fraction of sp³-hybridized carbons (Fsp3) is 0. The number of carbonyl (C=O) groups is 1. The number of halogens is 3. The van der Waals surface area contributed by atoms with Crippen molar-refractivity contribution in [3.05, 3.63) is 58.9 Å². The SMILES string of the molecule is Cl.O=Cc1cc(Cl)ccc1Oc1ccc(F)cc1. The highest BCUT2D eigenvalue weighted by molar-refractivity contribution is 6.30. The van der Waals surface area contributed by atoms with Crippen LogP contribution in [0, 0.1) is 5.82 Å². The Morgan fingerprint density at radius 2 is 1.78 bits per heavy atom. The van der Waals surface area contributed by atoms with Crippen molar-refractivity contribution in [2.75, 3.05) is 0 Å². The van der Waals surface area contributed by atoms with Crippen LogP contribution in [-0.4, -0.2) is 6.29 Å². The smallest absolute Gasteiger partial charge is 0.153 e. The maximum atomic E-state index is 12.7. The third-order valence-corrected chi connectivity index (χ3v) is 2.38. The van der Waals surface area contributed by atoms with Crippen molar-refractivity contribution in [3.8, 4) is 11.5 Å². The first-order valence-corrected chi connectivity index (χ1v) is 5.25. The monoisotopic (exact) mass is 286 g/mol. The molecule has 0 unspecified atom stereocenters. The number of hydrogen-bond donors (Lipinski definition) is 0. The molecule has 0 atom stereocenters. The first-order chi connectivity index (χ1) is 8.19. The van der Waals surface area contributed by atoms with Crippen molar-refractivity contribution < 1.29 is 13.9 Å². The van der Waals surface area contributed by atoms with Crippen LogP contribution in [-0.2, 0) is 0 Å². The first-order valence-electron chi connectivity index (χ1n) is 4.87. The average Bonchev–Trinajstić information content (AvgIpc) is 2.34. The second kappa shape index (κ2) is 6.38. The molecule has 0 saturated carbocycles. The predicted molar refractivity (Wildman–Crippen MR) is 70.6 cm³/mol. The molecule has 0 radical (unpaired) electrons. The Morgan fingerprint density at radius 1 is 1.11 bits per heavy atom. The molecule has 2 nitrogen and oxygen atoms in total. The number of aldehydes is 1. The summed E-state index contributed by atoms with van der Waals surface area (Å²) in [5.74, 6) is 0.497. The van der Waals surface area contributed by atoms with Gasteiger partial charge in [-0.1, -0.05) is 11.6 Å². The third-order valence-electron chi connectivity index (χ3n) is 2.14. The molecule has 5 heteroatoms. The van der Waals surface area contributed by atoms with Gasteiger partial charge >= 0.3 is 0 Å². The second-order valence-corrected chi connectivity index (χ2v) is 3.79. The molecular formula is C13H9Cl2FO2. The van der Waals surface area contributed by atoms with Crippen molar-refractivity contribution in [1.29, 1.82) is 0 Å². The summed E-state index contributed by atoms with van der Waals surface area (Å²) in [6.45, 7) is 0. The van der Waals surface area contributed by atoms with Crippen LogP contribution in [0.5, 0.6) is 11.5 Å². The van der Waals surface area contributed by atoms with Gasteiger partial charge < -0.3 is 4.74 Å². The Kier molecular flexibility index (Phi) is 5.13. The Bertz CT molecular complexity index is 541. The molecule has 0 spiro atoms. The van der Waals surface area contributed by atoms with Crippen LogP contribution in [0.1, 0.15) is 10.4 Å². The molecule has 0 fully saturated rings. The summed E-state index contributed by atoms with van der Waals surface area (Å²) in [6.07, 6.45) is 0.657. The number of hydrogen-bond acceptors (Lipinski definition) is 2. The van der Waals surface area contributed by atoms with E-state index < -0.39 is 0 Å². The van der Waals surface area contributed by atoms with Crippen LogP contribution in [0.15, 0.2) is 42.5 Å². The van der Waals surface area contributed by atoms with Crippen LogP contribution in [0.2, 0.25) is 5.02 Å². The van der Waals surface area contributed by atoms with Gasteiger partial charge in [-0.05, 0) is 42.5 Å². The fourth-order valence-corrected chi connectivity index (χ4v) is 1.51. The lowest BCUT2D eigenvalue weighted by Crippen LogP contribution is -1.90. The summed E-state index contributed by atoms with van der Waals surface area (Å²) in [7, 11) is 0. The summed E-state index contributed by atoms with van der Waals surface area (Å²) in [5, 5.41) is 0.457. The molecule has 0 heterocycles. The van der Waals surface area contributed by atoms with Crippen LogP contribution in [0.25, 0.3) is 0 Å². The molecule has 0 N–H and O–H groups in total. The summed E-state index contributed by atoms with van der Waals surface area (Å²) >= 11 is 5.76. The maximum absolute atomic E-state index is 12.7. The highest BCUT2D eigenvalue weighted by Crippen LogP contribution is 2.26. The Morgan fingerprint density at radius 3 is 2.39 bits per heavy atom. The predicted octanol–water partition coefficient (Wildman–Crippen LogP) is 4.51. The van der Waals surface area contributed by atoms with Gasteiger partial charge in [0, 0.05) is 5.02 Å². The zero-order valence-electron chi connectivity index (χ0n) is 9.10. The minimum atomic E-state index is -0.343. The number of carbonyl (C=O) groups excluding carboxylic acids is 1. The Balaban J connectivity index is 0.00000162. The molecule has 2 aromatic carbocycles. The van der Waals surface area contributed by atoms with Crippen molar-refractivity contribution in [1.82, 2.24) is 0 Å². The average molecular weight is 287 g/mol. The molecule has 0 amide bonds. The van der Waals surface area contributed by atoms with Gasteiger partial charge in [-0.25, -0.2) is 4.39 Å². The Hall–Kier alpha value is -1.58. The quantitative estimate of drug-likeness (QED) is 0.776. The topological polar surface area (TPSA) is 26.3 Å². The molecule has 0 aliphatic carbocycles. The van der Waals surface area contributed by atoms with E-state index in [9.17, 15) is 9.18 Å². The molecule has 94 valence electrons. The minimum Gasteiger partial charge on any atom is -0.457 e. The van der Waals surface area contributed by atoms with E-state index >= 15 is 0 Å². The second-order valence-electron chi connectivity index (χ2n) is 3.36. The number of benzene rings is 2. The van der Waals surface area contributed by atoms with Crippen LogP contribution >= 0.6 is 24.0 Å². The van der Waals surface area contributed by atoms with Crippen LogP contribution in [0.4, 0.5) is 4.39 Å². The van der Waals surface area contributed by atoms with Gasteiger partial charge in [0.25, 0.3) is 0 Å². The van der Waals surface area contributed by atoms with E-state index in [1.807, 2.05) is 0 Å². The van der Waals surface area contributed by atoms with Crippen molar-refractivity contribution in [2.24, 2.45) is 0 Å². The van der Waals surface area contributed by atoms with Gasteiger partial charge in [0.1, 0.15) is 17.3 Å². The maximum Gasteiger partial charge on any atom is 0.153 e. The van der Waals surface area contributed by atoms with E-state index in [2.05, 4.69) is 0 Å². The molecule has 0 aliphatic heterocycles. The molecule has 2 aromatic rings. The van der Waals surface area contributed by atoms with Gasteiger partial charge in [0.2, 0.25) is 0 Å². The van der Waals surface area contributed by atoms with E-state index in [-0.39, 0.29) is 18.2 Å². The molecule has 0 bridgehead atoms. The van der Waals surface area contributed by atoms with E-state index in [0.717, 1.165) is 0 Å². The minimum absolute atomic E-state index is 0. The van der Waals surface area contributed by atoms with Gasteiger partial charge in [-0.15, -0.1) is 12.4 Å². The van der Waals surface area contributed by atoms with Gasteiger partial charge in [0.15, 0.2) is 6.29 Å². The number of rotatable bonds is 3. The number of ether oxygens (including phenoxy) is 1. The molecular weight excluding hydrogens is 278 g/mol. The normalized spacial score (nSPS) is 9.44. The molecule has 0 aliphatic rings. The molecule has 0 saturated heterocycles. The van der Waals surface area contributed by atoms with Gasteiger partial charge in [-0.2, -0.15) is 0 Å². The lowest BCUT2D eigenvalue weighted by molar-refractivity contribution is 0.112. The van der Waals surface area contributed by atoms with Crippen molar-refractivity contribution in [3.63, 3.8) is 0 Å². The van der Waals surface area contributed by atoms with E-state index in [4.69, 9.17) is 16.3 Å². The highest BCUT2D eigenvalue weighted by atomic mass is 35.5. The van der Waals surface area contributed by atoms with Crippen molar-refractivity contribution >= 4 is 30.3 Å². The third kappa shape index (κ3) is 3.45. The van der Waals surface area contributed by atoms with E-state index in [0.29, 0.717) is 28.4 Å². The van der Waals surface area contributed by atoms with Crippen LogP contribution < -0.4 is 4.74 Å². The summed E-state index contributed by atoms with van der Waals surface area (Å²) < 4.78 is 18.1. The van der Waals surface area contributed by atoms with E-state index in [1.165, 1.54) is 30.3 Å². The largest absolute Gasteiger partial charge is 0.457 e. The zero-order valence-corrected chi connectivity index (χ0v) is 10.7.